The lowest BCUT2D eigenvalue weighted by Crippen LogP contribution is -2.57. The molecule has 1 saturated heterocycles. The van der Waals surface area contributed by atoms with Crippen LogP contribution in [0, 0.1) is 0 Å². The molecule has 1 heterocycles. The third kappa shape index (κ3) is 7.03. The summed E-state index contributed by atoms with van der Waals surface area (Å²) < 4.78 is 16.7. The molecule has 1 fully saturated rings. The third-order valence-corrected chi connectivity index (χ3v) is 5.66. The van der Waals surface area contributed by atoms with E-state index in [0.29, 0.717) is 35.4 Å². The number of rotatable bonds is 10. The Balaban J connectivity index is 1.68. The number of carbonyl (C=O) groups is 3. The second-order valence-corrected chi connectivity index (χ2v) is 8.36. The van der Waals surface area contributed by atoms with Crippen LogP contribution in [-0.2, 0) is 25.5 Å². The van der Waals surface area contributed by atoms with Gasteiger partial charge in [-0.1, -0.05) is 46.3 Å². The molecule has 1 unspecified atom stereocenters. The number of benzene rings is 2. The maximum Gasteiger partial charge on any atom is 0.308 e. The summed E-state index contributed by atoms with van der Waals surface area (Å²) in [5.41, 5.74) is 1.35. The van der Waals surface area contributed by atoms with Gasteiger partial charge in [0.1, 0.15) is 18.4 Å². The van der Waals surface area contributed by atoms with E-state index in [1.54, 1.807) is 25.3 Å². The lowest BCUT2D eigenvalue weighted by atomic mass is 10.1. The summed E-state index contributed by atoms with van der Waals surface area (Å²) in [6, 6.07) is 13.8. The molecule has 2 amide bonds. The van der Waals surface area contributed by atoms with E-state index in [1.165, 1.54) is 4.90 Å². The highest BCUT2D eigenvalue weighted by Crippen LogP contribution is 2.26. The first kappa shape index (κ1) is 24.7. The van der Waals surface area contributed by atoms with E-state index >= 15 is 0 Å². The first-order valence-corrected chi connectivity index (χ1v) is 11.5. The highest BCUT2D eigenvalue weighted by molar-refractivity contribution is 9.10. The van der Waals surface area contributed by atoms with E-state index in [9.17, 15) is 14.4 Å². The van der Waals surface area contributed by atoms with Crippen LogP contribution in [0.3, 0.4) is 0 Å². The van der Waals surface area contributed by atoms with Crippen LogP contribution in [0.4, 0.5) is 0 Å². The summed E-state index contributed by atoms with van der Waals surface area (Å²) in [6.07, 6.45) is 0.354. The molecule has 0 aliphatic carbocycles. The molecule has 33 heavy (non-hydrogen) atoms. The second-order valence-electron chi connectivity index (χ2n) is 7.45. The number of hydrogen-bond donors (Lipinski definition) is 1. The van der Waals surface area contributed by atoms with Crippen LogP contribution in [0.15, 0.2) is 53.0 Å². The minimum absolute atomic E-state index is 0.203. The molecule has 0 bridgehead atoms. The highest BCUT2D eigenvalue weighted by Gasteiger charge is 2.36. The standard InChI is InChI=1S/C24H27BrN2O6/c1-31-13-14-32-21-8-7-18(25)15-19(21)24(30)27-11-10-26-23(29)20(27)16-22(28)33-12-9-17-5-3-2-4-6-17/h2-8,15,20H,9-14,16H2,1H3,(H,26,29). The number of methoxy groups -OCH3 is 1. The van der Waals surface area contributed by atoms with Crippen molar-refractivity contribution in [1.82, 2.24) is 10.2 Å². The highest BCUT2D eigenvalue weighted by atomic mass is 79.9. The van der Waals surface area contributed by atoms with Crippen LogP contribution in [0.5, 0.6) is 5.75 Å². The fourth-order valence-corrected chi connectivity index (χ4v) is 3.85. The van der Waals surface area contributed by atoms with Gasteiger partial charge in [-0.2, -0.15) is 0 Å². The fraction of sp³-hybridized carbons (Fsp3) is 0.375. The molecule has 9 heteroatoms. The van der Waals surface area contributed by atoms with Gasteiger partial charge in [0.2, 0.25) is 5.91 Å². The minimum atomic E-state index is -0.957. The van der Waals surface area contributed by atoms with Gasteiger partial charge in [0.05, 0.1) is 25.2 Å². The van der Waals surface area contributed by atoms with E-state index in [2.05, 4.69) is 21.2 Å². The fourth-order valence-electron chi connectivity index (χ4n) is 3.49. The molecule has 1 aliphatic heterocycles. The van der Waals surface area contributed by atoms with Crippen LogP contribution in [0.25, 0.3) is 0 Å². The molecule has 1 atom stereocenters. The van der Waals surface area contributed by atoms with Gasteiger partial charge in [0.15, 0.2) is 0 Å². The van der Waals surface area contributed by atoms with Gasteiger partial charge in [0.25, 0.3) is 5.91 Å². The number of halogens is 1. The summed E-state index contributed by atoms with van der Waals surface area (Å²) >= 11 is 3.38. The van der Waals surface area contributed by atoms with Crippen LogP contribution in [-0.4, -0.2) is 68.7 Å². The predicted molar refractivity (Wildman–Crippen MR) is 125 cm³/mol. The Morgan fingerprint density at radius 3 is 2.67 bits per heavy atom. The number of nitrogens with zero attached hydrogens (tertiary/aromatic N) is 1. The zero-order valence-electron chi connectivity index (χ0n) is 18.4. The minimum Gasteiger partial charge on any atom is -0.490 e. The Morgan fingerprint density at radius 2 is 1.91 bits per heavy atom. The summed E-state index contributed by atoms with van der Waals surface area (Å²) in [5.74, 6) is -0.917. The normalized spacial score (nSPS) is 15.6. The SMILES string of the molecule is COCCOc1ccc(Br)cc1C(=O)N1CCNC(=O)C1CC(=O)OCCc1ccccc1. The molecule has 1 N–H and O–H groups in total. The molecular weight excluding hydrogens is 492 g/mol. The van der Waals surface area contributed by atoms with Crippen molar-refractivity contribution in [1.29, 1.82) is 0 Å². The number of hydrogen-bond acceptors (Lipinski definition) is 6. The number of esters is 1. The smallest absolute Gasteiger partial charge is 0.308 e. The second kappa shape index (κ2) is 12.4. The van der Waals surface area contributed by atoms with Crippen molar-refractivity contribution in [2.24, 2.45) is 0 Å². The Hall–Kier alpha value is -2.91. The van der Waals surface area contributed by atoms with Crippen molar-refractivity contribution in [3.63, 3.8) is 0 Å². The zero-order chi connectivity index (χ0) is 23.6. The molecule has 2 aromatic rings. The van der Waals surface area contributed by atoms with E-state index in [-0.39, 0.29) is 38.0 Å². The lowest BCUT2D eigenvalue weighted by molar-refractivity contribution is -0.147. The topological polar surface area (TPSA) is 94.2 Å². The van der Waals surface area contributed by atoms with Crippen LogP contribution in [0.2, 0.25) is 0 Å². The first-order valence-electron chi connectivity index (χ1n) is 10.7. The van der Waals surface area contributed by atoms with Crippen molar-refractivity contribution in [3.05, 3.63) is 64.1 Å². The van der Waals surface area contributed by atoms with E-state index < -0.39 is 12.0 Å². The Morgan fingerprint density at radius 1 is 1.12 bits per heavy atom. The first-order chi connectivity index (χ1) is 16.0. The van der Waals surface area contributed by atoms with Gasteiger partial charge in [-0.3, -0.25) is 14.4 Å². The Bertz CT molecular complexity index is 969. The van der Waals surface area contributed by atoms with Crippen molar-refractivity contribution in [3.8, 4) is 5.75 Å². The third-order valence-electron chi connectivity index (χ3n) is 5.17. The average molecular weight is 519 g/mol. The van der Waals surface area contributed by atoms with E-state index in [0.717, 1.165) is 5.56 Å². The molecule has 3 rings (SSSR count). The van der Waals surface area contributed by atoms with Crippen LogP contribution >= 0.6 is 15.9 Å². The molecule has 176 valence electrons. The molecule has 0 radical (unpaired) electrons. The predicted octanol–water partition coefficient (Wildman–Crippen LogP) is 2.59. The largest absolute Gasteiger partial charge is 0.490 e. The van der Waals surface area contributed by atoms with Crippen molar-refractivity contribution >= 4 is 33.7 Å². The van der Waals surface area contributed by atoms with Gasteiger partial charge >= 0.3 is 5.97 Å². The molecule has 2 aromatic carbocycles. The maximum atomic E-state index is 13.4. The van der Waals surface area contributed by atoms with Gasteiger partial charge in [-0.25, -0.2) is 0 Å². The molecule has 0 aromatic heterocycles. The monoisotopic (exact) mass is 518 g/mol. The molecule has 8 nitrogen and oxygen atoms in total. The Kier molecular flexibility index (Phi) is 9.26. The zero-order valence-corrected chi connectivity index (χ0v) is 20.0. The maximum absolute atomic E-state index is 13.4. The van der Waals surface area contributed by atoms with Crippen LogP contribution in [0.1, 0.15) is 22.3 Å². The van der Waals surface area contributed by atoms with Crippen molar-refractivity contribution < 1.29 is 28.6 Å². The van der Waals surface area contributed by atoms with Gasteiger partial charge < -0.3 is 24.4 Å². The Labute approximate surface area is 201 Å². The molecule has 0 saturated carbocycles. The number of ether oxygens (including phenoxy) is 3. The van der Waals surface area contributed by atoms with E-state index in [4.69, 9.17) is 14.2 Å². The quantitative estimate of drug-likeness (QED) is 0.383. The van der Waals surface area contributed by atoms with Crippen molar-refractivity contribution in [2.45, 2.75) is 18.9 Å². The van der Waals surface area contributed by atoms with Gasteiger partial charge in [-0.15, -0.1) is 0 Å². The number of nitrogens with one attached hydrogen (secondary N) is 1. The summed E-state index contributed by atoms with van der Waals surface area (Å²) in [4.78, 5) is 39.8. The molecular formula is C24H27BrN2O6. The average Bonchev–Trinajstić information content (AvgIpc) is 2.81. The number of amides is 2. The van der Waals surface area contributed by atoms with Gasteiger partial charge in [-0.05, 0) is 23.8 Å². The summed E-state index contributed by atoms with van der Waals surface area (Å²) in [6.45, 7) is 1.42. The van der Waals surface area contributed by atoms with E-state index in [1.807, 2.05) is 30.3 Å². The lowest BCUT2D eigenvalue weighted by Gasteiger charge is -2.35. The number of carbonyl (C=O) groups excluding carboxylic acids is 3. The van der Waals surface area contributed by atoms with Gasteiger partial charge in [0, 0.05) is 31.1 Å². The van der Waals surface area contributed by atoms with Crippen LogP contribution < -0.4 is 10.1 Å². The molecule has 1 aliphatic rings. The molecule has 0 spiro atoms. The summed E-state index contributed by atoms with van der Waals surface area (Å²) in [5, 5.41) is 2.73. The number of piperazine rings is 1. The summed E-state index contributed by atoms with van der Waals surface area (Å²) in [7, 11) is 1.56. The van der Waals surface area contributed by atoms with Crippen molar-refractivity contribution in [2.75, 3.05) is 40.0 Å².